The highest BCUT2D eigenvalue weighted by Gasteiger charge is 2.26. The van der Waals surface area contributed by atoms with Gasteiger partial charge in [0.2, 0.25) is 5.91 Å². The van der Waals surface area contributed by atoms with Crippen LogP contribution in [0.1, 0.15) is 24.0 Å². The van der Waals surface area contributed by atoms with E-state index in [1.807, 2.05) is 12.1 Å². The molecule has 1 N–H and O–H groups in total. The molecule has 0 aliphatic carbocycles. The molecule has 32 heavy (non-hydrogen) atoms. The fraction of sp³-hybridized carbons (Fsp3) is 0.346. The number of carbonyl (C=O) groups is 1. The number of piperidine rings is 1. The summed E-state index contributed by atoms with van der Waals surface area (Å²) in [5.74, 6) is 0.908. The number of carbonyl (C=O) groups excluding carboxylic acids is 1. The molecule has 0 spiro atoms. The van der Waals surface area contributed by atoms with Gasteiger partial charge in [-0.2, -0.15) is 0 Å². The lowest BCUT2D eigenvalue weighted by Crippen LogP contribution is -2.43. The van der Waals surface area contributed by atoms with Gasteiger partial charge >= 0.3 is 0 Å². The minimum absolute atomic E-state index is 0.0387. The van der Waals surface area contributed by atoms with E-state index in [4.69, 9.17) is 0 Å². The Hall–Kier alpha value is -3.25. The summed E-state index contributed by atoms with van der Waals surface area (Å²) in [6.45, 7) is 3.04. The highest BCUT2D eigenvalue weighted by molar-refractivity contribution is 5.80. The Morgan fingerprint density at radius 3 is 2.69 bits per heavy atom. The molecule has 3 aromatic rings. The summed E-state index contributed by atoms with van der Waals surface area (Å²) in [4.78, 5) is 25.8. The molecule has 6 nitrogen and oxygen atoms in total. The molecule has 166 valence electrons. The van der Waals surface area contributed by atoms with E-state index in [1.165, 1.54) is 11.1 Å². The van der Waals surface area contributed by atoms with Crippen molar-refractivity contribution < 1.29 is 4.79 Å². The van der Waals surface area contributed by atoms with Crippen LogP contribution in [-0.4, -0.2) is 48.0 Å². The predicted molar refractivity (Wildman–Crippen MR) is 128 cm³/mol. The van der Waals surface area contributed by atoms with Crippen LogP contribution in [0.25, 0.3) is 11.1 Å². The average molecular weight is 430 g/mol. The van der Waals surface area contributed by atoms with E-state index in [-0.39, 0.29) is 11.8 Å². The van der Waals surface area contributed by atoms with Crippen LogP contribution < -0.4 is 10.2 Å². The van der Waals surface area contributed by atoms with Gasteiger partial charge in [0.1, 0.15) is 5.82 Å². The van der Waals surface area contributed by atoms with E-state index in [0.717, 1.165) is 42.9 Å². The lowest BCUT2D eigenvalue weighted by Gasteiger charge is -2.32. The summed E-state index contributed by atoms with van der Waals surface area (Å²) in [5, 5.41) is 3.18. The van der Waals surface area contributed by atoms with Gasteiger partial charge in [0.15, 0.2) is 0 Å². The minimum Gasteiger partial charge on any atom is -0.355 e. The summed E-state index contributed by atoms with van der Waals surface area (Å²) in [7, 11) is 4.15. The summed E-state index contributed by atoms with van der Waals surface area (Å²) in [5.41, 5.74) is 4.75. The number of aromatic nitrogens is 2. The second-order valence-electron chi connectivity index (χ2n) is 8.66. The zero-order chi connectivity index (χ0) is 22.3. The van der Waals surface area contributed by atoms with Crippen LogP contribution in [0.4, 0.5) is 5.82 Å². The molecule has 1 saturated heterocycles. The first-order chi connectivity index (χ1) is 15.6. The number of nitrogens with zero attached hydrogens (tertiary/aromatic N) is 4. The highest BCUT2D eigenvalue weighted by atomic mass is 16.1. The van der Waals surface area contributed by atoms with Crippen LogP contribution in [0.2, 0.25) is 0 Å². The van der Waals surface area contributed by atoms with Crippen LogP contribution in [0.15, 0.2) is 67.1 Å². The first kappa shape index (κ1) is 22.0. The van der Waals surface area contributed by atoms with Crippen molar-refractivity contribution in [2.45, 2.75) is 25.9 Å². The Balaban J connectivity index is 1.40. The molecule has 1 atom stereocenters. The number of rotatable bonds is 7. The van der Waals surface area contributed by atoms with E-state index in [2.05, 4.69) is 75.6 Å². The van der Waals surface area contributed by atoms with Crippen molar-refractivity contribution in [3.05, 3.63) is 78.2 Å². The Bertz CT molecular complexity index is 1020. The van der Waals surface area contributed by atoms with Crippen molar-refractivity contribution in [2.24, 2.45) is 5.92 Å². The Morgan fingerprint density at radius 2 is 1.94 bits per heavy atom. The SMILES string of the molecule is CN(C)Cc1ccc(-c2ccccc2CNC(=O)[C@H]2CCCN(c3cnccn3)C2)cc1. The molecular formula is C26H31N5O. The van der Waals surface area contributed by atoms with Crippen molar-refractivity contribution in [1.29, 1.82) is 0 Å². The van der Waals surface area contributed by atoms with Crippen LogP contribution in [-0.2, 0) is 17.9 Å². The fourth-order valence-corrected chi connectivity index (χ4v) is 4.29. The second-order valence-corrected chi connectivity index (χ2v) is 8.66. The smallest absolute Gasteiger partial charge is 0.225 e. The van der Waals surface area contributed by atoms with Gasteiger partial charge in [0.25, 0.3) is 0 Å². The molecule has 4 rings (SSSR count). The van der Waals surface area contributed by atoms with Crippen LogP contribution >= 0.6 is 0 Å². The van der Waals surface area contributed by atoms with Gasteiger partial charge < -0.3 is 15.1 Å². The van der Waals surface area contributed by atoms with Crippen molar-refractivity contribution in [3.8, 4) is 11.1 Å². The number of amides is 1. The maximum atomic E-state index is 13.0. The summed E-state index contributed by atoms with van der Waals surface area (Å²) in [6.07, 6.45) is 7.01. The molecule has 0 radical (unpaired) electrons. The maximum Gasteiger partial charge on any atom is 0.225 e. The summed E-state index contributed by atoms with van der Waals surface area (Å²) in [6, 6.07) is 17.0. The standard InChI is InChI=1S/C26H31N5O/c1-30(2)18-20-9-11-21(12-10-20)24-8-4-3-6-22(24)16-29-26(32)23-7-5-15-31(19-23)25-17-27-13-14-28-25/h3-4,6,8-14,17,23H,5,7,15-16,18-19H2,1-2H3,(H,29,32)/t23-/m0/s1. The van der Waals surface area contributed by atoms with Crippen molar-refractivity contribution in [2.75, 3.05) is 32.1 Å². The Labute approximate surface area is 190 Å². The van der Waals surface area contributed by atoms with Gasteiger partial charge in [-0.15, -0.1) is 0 Å². The topological polar surface area (TPSA) is 61.4 Å². The molecule has 1 amide bonds. The molecule has 2 aromatic carbocycles. The number of hydrogen-bond donors (Lipinski definition) is 1. The number of benzene rings is 2. The predicted octanol–water partition coefficient (Wildman–Crippen LogP) is 3.74. The van der Waals surface area contributed by atoms with Gasteiger partial charge in [0, 0.05) is 38.6 Å². The molecule has 0 unspecified atom stereocenters. The first-order valence-electron chi connectivity index (χ1n) is 11.2. The molecule has 2 heterocycles. The zero-order valence-electron chi connectivity index (χ0n) is 18.9. The van der Waals surface area contributed by atoms with E-state index >= 15 is 0 Å². The molecule has 1 aliphatic heterocycles. The van der Waals surface area contributed by atoms with Gasteiger partial charge in [-0.05, 0) is 49.2 Å². The van der Waals surface area contributed by atoms with E-state index in [9.17, 15) is 4.79 Å². The highest BCUT2D eigenvalue weighted by Crippen LogP contribution is 2.25. The largest absolute Gasteiger partial charge is 0.355 e. The molecule has 0 bridgehead atoms. The third-order valence-electron chi connectivity index (χ3n) is 5.90. The molecular weight excluding hydrogens is 398 g/mol. The third-order valence-corrected chi connectivity index (χ3v) is 5.90. The van der Waals surface area contributed by atoms with Crippen LogP contribution in [0, 0.1) is 5.92 Å². The van der Waals surface area contributed by atoms with Crippen LogP contribution in [0.5, 0.6) is 0 Å². The van der Waals surface area contributed by atoms with Gasteiger partial charge in [-0.3, -0.25) is 9.78 Å². The Morgan fingerprint density at radius 1 is 1.12 bits per heavy atom. The van der Waals surface area contributed by atoms with E-state index in [1.54, 1.807) is 18.6 Å². The lowest BCUT2D eigenvalue weighted by atomic mass is 9.96. The van der Waals surface area contributed by atoms with Crippen molar-refractivity contribution in [3.63, 3.8) is 0 Å². The molecule has 0 saturated carbocycles. The zero-order valence-corrected chi connectivity index (χ0v) is 18.9. The third kappa shape index (κ3) is 5.51. The van der Waals surface area contributed by atoms with Gasteiger partial charge in [-0.1, -0.05) is 48.5 Å². The molecule has 1 fully saturated rings. The van der Waals surface area contributed by atoms with Gasteiger partial charge in [0.05, 0.1) is 12.1 Å². The number of anilines is 1. The maximum absolute atomic E-state index is 13.0. The van der Waals surface area contributed by atoms with Gasteiger partial charge in [-0.25, -0.2) is 4.98 Å². The quantitative estimate of drug-likeness (QED) is 0.620. The summed E-state index contributed by atoms with van der Waals surface area (Å²) >= 11 is 0. The molecule has 6 heteroatoms. The molecule has 1 aromatic heterocycles. The number of hydrogen-bond acceptors (Lipinski definition) is 5. The van der Waals surface area contributed by atoms with E-state index < -0.39 is 0 Å². The fourth-order valence-electron chi connectivity index (χ4n) is 4.29. The average Bonchev–Trinajstić information content (AvgIpc) is 2.83. The second kappa shape index (κ2) is 10.4. The first-order valence-corrected chi connectivity index (χ1v) is 11.2. The van der Waals surface area contributed by atoms with Crippen LogP contribution in [0.3, 0.4) is 0 Å². The lowest BCUT2D eigenvalue weighted by molar-refractivity contribution is -0.125. The van der Waals surface area contributed by atoms with Crippen molar-refractivity contribution >= 4 is 11.7 Å². The normalized spacial score (nSPS) is 16.2. The Kier molecular flexibility index (Phi) is 7.12. The van der Waals surface area contributed by atoms with E-state index in [0.29, 0.717) is 13.1 Å². The minimum atomic E-state index is -0.0387. The monoisotopic (exact) mass is 429 g/mol. The summed E-state index contributed by atoms with van der Waals surface area (Å²) < 4.78 is 0. The molecule has 1 aliphatic rings. The van der Waals surface area contributed by atoms with Crippen molar-refractivity contribution in [1.82, 2.24) is 20.2 Å². The number of nitrogens with one attached hydrogen (secondary N) is 1.